The van der Waals surface area contributed by atoms with Crippen molar-refractivity contribution in [3.8, 4) is 0 Å². The molecule has 1 saturated carbocycles. The first-order chi connectivity index (χ1) is 10.4. The maximum absolute atomic E-state index is 12.6. The molecule has 3 unspecified atom stereocenters. The first-order valence-corrected chi connectivity index (χ1v) is 8.26. The molecular formula is C15H26Cl2F3N3O. The monoisotopic (exact) mass is 391 g/mol. The highest BCUT2D eigenvalue weighted by atomic mass is 35.5. The molecule has 0 radical (unpaired) electrons. The van der Waals surface area contributed by atoms with Crippen LogP contribution in [-0.4, -0.2) is 66.7 Å². The third kappa shape index (κ3) is 5.38. The van der Waals surface area contributed by atoms with Crippen LogP contribution in [0.3, 0.4) is 0 Å². The molecule has 0 aromatic carbocycles. The van der Waals surface area contributed by atoms with Crippen molar-refractivity contribution >= 4 is 30.7 Å². The fourth-order valence-corrected chi connectivity index (χ4v) is 4.11. The van der Waals surface area contributed by atoms with Crippen LogP contribution >= 0.6 is 24.8 Å². The Morgan fingerprint density at radius 1 is 1.04 bits per heavy atom. The second-order valence-electron chi connectivity index (χ2n) is 6.82. The van der Waals surface area contributed by atoms with Gasteiger partial charge in [0.15, 0.2) is 0 Å². The predicted molar refractivity (Wildman–Crippen MR) is 90.9 cm³/mol. The third-order valence-corrected chi connectivity index (χ3v) is 5.25. The summed E-state index contributed by atoms with van der Waals surface area (Å²) < 4.78 is 37.1. The van der Waals surface area contributed by atoms with Gasteiger partial charge < -0.3 is 10.2 Å². The van der Waals surface area contributed by atoms with Gasteiger partial charge in [-0.3, -0.25) is 9.69 Å². The number of hydrogen-bond acceptors (Lipinski definition) is 3. The van der Waals surface area contributed by atoms with Crippen LogP contribution in [0.4, 0.5) is 13.2 Å². The lowest BCUT2D eigenvalue weighted by molar-refractivity contribution is -0.152. The van der Waals surface area contributed by atoms with Gasteiger partial charge in [-0.25, -0.2) is 0 Å². The molecule has 9 heteroatoms. The summed E-state index contributed by atoms with van der Waals surface area (Å²) in [6, 6.07) is 0.344. The van der Waals surface area contributed by atoms with E-state index in [4.69, 9.17) is 0 Å². The minimum Gasteiger partial charge on any atom is -0.339 e. The second kappa shape index (κ2) is 8.92. The van der Waals surface area contributed by atoms with Crippen molar-refractivity contribution in [2.24, 2.45) is 5.92 Å². The minimum atomic E-state index is -4.16. The molecule has 1 amide bonds. The number of rotatable bonds is 2. The van der Waals surface area contributed by atoms with Crippen LogP contribution < -0.4 is 5.32 Å². The molecular weight excluding hydrogens is 366 g/mol. The first-order valence-electron chi connectivity index (χ1n) is 8.26. The number of halogens is 5. The van der Waals surface area contributed by atoms with Crippen LogP contribution in [0.5, 0.6) is 0 Å². The van der Waals surface area contributed by atoms with Crippen molar-refractivity contribution in [3.05, 3.63) is 0 Å². The lowest BCUT2D eigenvalue weighted by atomic mass is 9.85. The van der Waals surface area contributed by atoms with E-state index in [0.717, 1.165) is 12.8 Å². The van der Waals surface area contributed by atoms with Crippen molar-refractivity contribution in [2.45, 2.75) is 50.4 Å². The zero-order valence-corrected chi connectivity index (χ0v) is 15.2. The lowest BCUT2D eigenvalue weighted by Crippen LogP contribution is -2.54. The largest absolute Gasteiger partial charge is 0.401 e. The Labute approximate surface area is 153 Å². The summed E-state index contributed by atoms with van der Waals surface area (Å²) in [5, 5.41) is 3.45. The Hall–Kier alpha value is -0.240. The number of nitrogens with one attached hydrogen (secondary N) is 1. The Morgan fingerprint density at radius 2 is 1.67 bits per heavy atom. The number of nitrogens with zero attached hydrogens (tertiary/aromatic N) is 2. The SMILES string of the molecule is Cl.Cl.O=C(C1CC2CCCCC2N1)N1CCN(CC(F)(F)F)CC1. The number of piperazine rings is 1. The average Bonchev–Trinajstić information content (AvgIpc) is 2.89. The highest BCUT2D eigenvalue weighted by Crippen LogP contribution is 2.33. The Kier molecular flexibility index (Phi) is 8.10. The number of amides is 1. The summed E-state index contributed by atoms with van der Waals surface area (Å²) in [5.74, 6) is 0.690. The van der Waals surface area contributed by atoms with E-state index in [2.05, 4.69) is 5.32 Å². The van der Waals surface area contributed by atoms with E-state index in [0.29, 0.717) is 38.1 Å². The molecule has 3 aliphatic rings. The zero-order chi connectivity index (χ0) is 15.7. The predicted octanol–water partition coefficient (Wildman–Crippen LogP) is 2.46. The van der Waals surface area contributed by atoms with Gasteiger partial charge in [-0.15, -0.1) is 24.8 Å². The molecule has 4 nitrogen and oxygen atoms in total. The third-order valence-electron chi connectivity index (χ3n) is 5.25. The quantitative estimate of drug-likeness (QED) is 0.785. The second-order valence-corrected chi connectivity index (χ2v) is 6.82. The van der Waals surface area contributed by atoms with E-state index in [-0.39, 0.29) is 36.8 Å². The molecule has 142 valence electrons. The molecule has 0 spiro atoms. The molecule has 3 atom stereocenters. The normalized spacial score (nSPS) is 31.0. The van der Waals surface area contributed by atoms with E-state index >= 15 is 0 Å². The Morgan fingerprint density at radius 3 is 2.25 bits per heavy atom. The van der Waals surface area contributed by atoms with Crippen LogP contribution in [0.15, 0.2) is 0 Å². The molecule has 0 aromatic heterocycles. The van der Waals surface area contributed by atoms with Crippen molar-refractivity contribution < 1.29 is 18.0 Å². The number of carbonyl (C=O) groups is 1. The maximum Gasteiger partial charge on any atom is 0.401 e. The summed E-state index contributed by atoms with van der Waals surface area (Å²) in [5.41, 5.74) is 0. The number of hydrogen-bond donors (Lipinski definition) is 1. The molecule has 0 bridgehead atoms. The molecule has 0 aromatic rings. The van der Waals surface area contributed by atoms with Crippen LogP contribution in [0.1, 0.15) is 32.1 Å². The number of fused-ring (bicyclic) bond motifs is 1. The summed E-state index contributed by atoms with van der Waals surface area (Å²) in [6.45, 7) is 0.557. The zero-order valence-electron chi connectivity index (χ0n) is 13.6. The summed E-state index contributed by atoms with van der Waals surface area (Å²) in [6.07, 6.45) is 1.56. The minimum absolute atomic E-state index is 0. The van der Waals surface area contributed by atoms with E-state index in [1.807, 2.05) is 0 Å². The highest BCUT2D eigenvalue weighted by molar-refractivity contribution is 5.85. The van der Waals surface area contributed by atoms with E-state index in [1.54, 1.807) is 4.90 Å². The van der Waals surface area contributed by atoms with Crippen molar-refractivity contribution in [3.63, 3.8) is 0 Å². The Bertz CT molecular complexity index is 403. The maximum atomic E-state index is 12.6. The molecule has 3 fully saturated rings. The van der Waals surface area contributed by atoms with Crippen molar-refractivity contribution in [1.82, 2.24) is 15.1 Å². The topological polar surface area (TPSA) is 35.6 Å². The van der Waals surface area contributed by atoms with Gasteiger partial charge in [0.1, 0.15) is 0 Å². The van der Waals surface area contributed by atoms with Crippen molar-refractivity contribution in [1.29, 1.82) is 0 Å². The summed E-state index contributed by atoms with van der Waals surface area (Å²) >= 11 is 0. The molecule has 24 heavy (non-hydrogen) atoms. The van der Waals surface area contributed by atoms with Gasteiger partial charge in [0.2, 0.25) is 5.91 Å². The standard InChI is InChI=1S/C15H24F3N3O.2ClH/c16-15(17,18)10-20-5-7-21(8-6-20)14(22)13-9-11-3-1-2-4-12(11)19-13;;/h11-13,19H,1-10H2;2*1H. The van der Waals surface area contributed by atoms with Crippen LogP contribution in [-0.2, 0) is 4.79 Å². The van der Waals surface area contributed by atoms with Gasteiger partial charge >= 0.3 is 6.18 Å². The highest BCUT2D eigenvalue weighted by Gasteiger charge is 2.40. The van der Waals surface area contributed by atoms with Gasteiger partial charge in [0.25, 0.3) is 0 Å². The van der Waals surface area contributed by atoms with Gasteiger partial charge in [-0.1, -0.05) is 12.8 Å². The fourth-order valence-electron chi connectivity index (χ4n) is 4.11. The van der Waals surface area contributed by atoms with Gasteiger partial charge in [0.05, 0.1) is 12.6 Å². The van der Waals surface area contributed by atoms with Crippen molar-refractivity contribution in [2.75, 3.05) is 32.7 Å². The van der Waals surface area contributed by atoms with E-state index in [1.165, 1.54) is 24.2 Å². The van der Waals surface area contributed by atoms with Gasteiger partial charge in [-0.2, -0.15) is 13.2 Å². The number of alkyl halides is 3. The smallest absolute Gasteiger partial charge is 0.339 e. The molecule has 2 aliphatic heterocycles. The molecule has 3 rings (SSSR count). The van der Waals surface area contributed by atoms with E-state index in [9.17, 15) is 18.0 Å². The van der Waals surface area contributed by atoms with Gasteiger partial charge in [-0.05, 0) is 25.2 Å². The average molecular weight is 392 g/mol. The fraction of sp³-hybridized carbons (Fsp3) is 0.933. The molecule has 2 saturated heterocycles. The van der Waals surface area contributed by atoms with Crippen LogP contribution in [0, 0.1) is 5.92 Å². The number of carbonyl (C=O) groups excluding carboxylic acids is 1. The lowest BCUT2D eigenvalue weighted by Gasteiger charge is -2.36. The molecule has 1 N–H and O–H groups in total. The van der Waals surface area contributed by atoms with Crippen LogP contribution in [0.25, 0.3) is 0 Å². The molecule has 1 aliphatic carbocycles. The summed E-state index contributed by atoms with van der Waals surface area (Å²) in [7, 11) is 0. The molecule has 2 heterocycles. The van der Waals surface area contributed by atoms with Gasteiger partial charge in [0, 0.05) is 32.2 Å². The first kappa shape index (κ1) is 21.8. The Balaban J connectivity index is 0.00000144. The van der Waals surface area contributed by atoms with E-state index < -0.39 is 12.7 Å². The van der Waals surface area contributed by atoms with Crippen LogP contribution in [0.2, 0.25) is 0 Å². The summed E-state index contributed by atoms with van der Waals surface area (Å²) in [4.78, 5) is 15.7.